The summed E-state index contributed by atoms with van der Waals surface area (Å²) < 4.78 is 16.6. The lowest BCUT2D eigenvalue weighted by atomic mass is 10.1. The molecule has 3 aromatic carbocycles. The zero-order valence-electron chi connectivity index (χ0n) is 16.7. The van der Waals surface area contributed by atoms with Crippen molar-refractivity contribution in [3.8, 4) is 17.2 Å². The zero-order chi connectivity index (χ0) is 23.4. The van der Waals surface area contributed by atoms with E-state index in [0.717, 1.165) is 10.7 Å². The van der Waals surface area contributed by atoms with Crippen molar-refractivity contribution >= 4 is 39.7 Å². The second kappa shape index (κ2) is 9.49. The number of para-hydroxylation sites is 1. The van der Waals surface area contributed by atoms with E-state index >= 15 is 0 Å². The average molecular weight is 512 g/mol. The number of halogens is 1. The first kappa shape index (κ1) is 22.0. The van der Waals surface area contributed by atoms with Crippen LogP contribution in [0.4, 0.5) is 5.69 Å². The van der Waals surface area contributed by atoms with Crippen molar-refractivity contribution in [2.45, 2.75) is 0 Å². The highest BCUT2D eigenvalue weighted by Gasteiger charge is 2.24. The fraction of sp³-hybridized carbons (Fsp3) is 0.0455. The second-order valence-electron chi connectivity index (χ2n) is 6.62. The Labute approximate surface area is 195 Å². The normalized spacial score (nSPS) is 11.9. The van der Waals surface area contributed by atoms with E-state index in [4.69, 9.17) is 14.2 Å². The van der Waals surface area contributed by atoms with E-state index in [1.807, 2.05) is 0 Å². The van der Waals surface area contributed by atoms with Crippen molar-refractivity contribution in [2.75, 3.05) is 6.79 Å². The number of nitro groups is 1. The molecule has 3 aromatic rings. The maximum Gasteiger partial charge on any atom is 0.343 e. The van der Waals surface area contributed by atoms with Gasteiger partial charge in [0.25, 0.3) is 5.91 Å². The van der Waals surface area contributed by atoms with Crippen LogP contribution in [-0.4, -0.2) is 29.8 Å². The van der Waals surface area contributed by atoms with Crippen molar-refractivity contribution in [3.63, 3.8) is 0 Å². The number of nitrogens with zero attached hydrogens (tertiary/aromatic N) is 2. The number of rotatable bonds is 6. The molecule has 1 aliphatic heterocycles. The number of amides is 1. The molecule has 1 heterocycles. The van der Waals surface area contributed by atoms with Crippen LogP contribution in [0.1, 0.15) is 26.3 Å². The number of benzene rings is 3. The lowest BCUT2D eigenvalue weighted by Crippen LogP contribution is -2.17. The molecule has 0 bridgehead atoms. The third kappa shape index (κ3) is 4.99. The number of ether oxygens (including phenoxy) is 3. The molecule has 0 aliphatic carbocycles. The summed E-state index contributed by atoms with van der Waals surface area (Å²) in [6, 6.07) is 15.1. The third-order valence-corrected chi connectivity index (χ3v) is 5.03. The molecule has 11 heteroatoms. The van der Waals surface area contributed by atoms with Crippen molar-refractivity contribution in [1.29, 1.82) is 0 Å². The van der Waals surface area contributed by atoms with Gasteiger partial charge in [0.2, 0.25) is 12.5 Å². The SMILES string of the molecule is O=C(N/N=C/c1cccc([N+](=O)[O-])c1OC(=O)c1ccc2c(c1)OCO2)c1ccc(Br)cc1. The monoisotopic (exact) mass is 511 g/mol. The molecule has 0 aromatic heterocycles. The topological polar surface area (TPSA) is 129 Å². The van der Waals surface area contributed by atoms with Gasteiger partial charge in [-0.1, -0.05) is 22.0 Å². The Balaban J connectivity index is 1.56. The first-order chi connectivity index (χ1) is 15.9. The summed E-state index contributed by atoms with van der Waals surface area (Å²) in [7, 11) is 0. The van der Waals surface area contributed by atoms with E-state index in [9.17, 15) is 19.7 Å². The van der Waals surface area contributed by atoms with Crippen LogP contribution in [0.2, 0.25) is 0 Å². The Bertz CT molecular complexity index is 1280. The average Bonchev–Trinajstić information content (AvgIpc) is 3.28. The van der Waals surface area contributed by atoms with Gasteiger partial charge < -0.3 is 14.2 Å². The largest absolute Gasteiger partial charge is 0.454 e. The summed E-state index contributed by atoms with van der Waals surface area (Å²) in [4.78, 5) is 35.7. The summed E-state index contributed by atoms with van der Waals surface area (Å²) in [5, 5.41) is 15.3. The maximum absolute atomic E-state index is 12.7. The van der Waals surface area contributed by atoms with Crippen LogP contribution in [0, 0.1) is 10.1 Å². The van der Waals surface area contributed by atoms with Gasteiger partial charge in [0, 0.05) is 21.7 Å². The molecule has 166 valence electrons. The summed E-state index contributed by atoms with van der Waals surface area (Å²) >= 11 is 3.28. The second-order valence-corrected chi connectivity index (χ2v) is 7.53. The smallest absolute Gasteiger partial charge is 0.343 e. The first-order valence-corrected chi connectivity index (χ1v) is 10.2. The lowest BCUT2D eigenvalue weighted by Gasteiger charge is -2.08. The van der Waals surface area contributed by atoms with Crippen molar-refractivity contribution in [1.82, 2.24) is 5.43 Å². The van der Waals surface area contributed by atoms with Crippen LogP contribution in [-0.2, 0) is 0 Å². The Morgan fingerprint density at radius 3 is 2.55 bits per heavy atom. The van der Waals surface area contributed by atoms with Gasteiger partial charge in [-0.15, -0.1) is 0 Å². The molecule has 0 radical (unpaired) electrons. The van der Waals surface area contributed by atoms with Gasteiger partial charge in [0.05, 0.1) is 16.7 Å². The molecule has 0 unspecified atom stereocenters. The van der Waals surface area contributed by atoms with Crippen LogP contribution >= 0.6 is 15.9 Å². The van der Waals surface area contributed by atoms with Crippen LogP contribution < -0.4 is 19.6 Å². The Morgan fingerprint density at radius 1 is 1.06 bits per heavy atom. The quantitative estimate of drug-likeness (QED) is 0.173. The predicted molar refractivity (Wildman–Crippen MR) is 120 cm³/mol. The molecule has 1 N–H and O–H groups in total. The van der Waals surface area contributed by atoms with Crippen LogP contribution in [0.15, 0.2) is 70.2 Å². The number of fused-ring (bicyclic) bond motifs is 1. The fourth-order valence-electron chi connectivity index (χ4n) is 2.90. The Morgan fingerprint density at radius 2 is 1.79 bits per heavy atom. The molecule has 10 nitrogen and oxygen atoms in total. The van der Waals surface area contributed by atoms with Gasteiger partial charge in [0.1, 0.15) is 0 Å². The van der Waals surface area contributed by atoms with Gasteiger partial charge in [-0.05, 0) is 48.5 Å². The fourth-order valence-corrected chi connectivity index (χ4v) is 3.16. The molecule has 4 rings (SSSR count). The molecule has 0 spiro atoms. The van der Waals surface area contributed by atoms with Gasteiger partial charge in [0.15, 0.2) is 11.5 Å². The van der Waals surface area contributed by atoms with Crippen molar-refractivity contribution in [3.05, 3.63) is 91.9 Å². The van der Waals surface area contributed by atoms with E-state index in [2.05, 4.69) is 26.5 Å². The highest BCUT2D eigenvalue weighted by Crippen LogP contribution is 2.34. The van der Waals surface area contributed by atoms with E-state index in [1.54, 1.807) is 30.3 Å². The van der Waals surface area contributed by atoms with Gasteiger partial charge in [-0.25, -0.2) is 10.2 Å². The molecular weight excluding hydrogens is 498 g/mol. The minimum absolute atomic E-state index is 0.0323. The van der Waals surface area contributed by atoms with E-state index in [1.165, 1.54) is 30.3 Å². The minimum Gasteiger partial charge on any atom is -0.454 e. The number of esters is 1. The van der Waals surface area contributed by atoms with Crippen LogP contribution in [0.3, 0.4) is 0 Å². The molecule has 1 amide bonds. The van der Waals surface area contributed by atoms with Crippen molar-refractivity contribution in [2.24, 2.45) is 5.10 Å². The highest BCUT2D eigenvalue weighted by atomic mass is 79.9. The first-order valence-electron chi connectivity index (χ1n) is 9.40. The predicted octanol–water partition coefficient (Wildman–Crippen LogP) is 4.07. The lowest BCUT2D eigenvalue weighted by molar-refractivity contribution is -0.385. The van der Waals surface area contributed by atoms with E-state index in [-0.39, 0.29) is 23.7 Å². The summed E-state index contributed by atoms with van der Waals surface area (Å²) in [6.07, 6.45) is 1.16. The maximum atomic E-state index is 12.7. The number of hydrazone groups is 1. The number of carbonyl (C=O) groups excluding carboxylic acids is 2. The molecule has 0 fully saturated rings. The number of hydrogen-bond donors (Lipinski definition) is 1. The Kier molecular flexibility index (Phi) is 6.31. The molecule has 0 saturated heterocycles. The summed E-state index contributed by atoms with van der Waals surface area (Å²) in [5.41, 5.74) is 2.49. The minimum atomic E-state index is -0.837. The number of nitro benzene ring substituents is 1. The van der Waals surface area contributed by atoms with Crippen LogP contribution in [0.5, 0.6) is 17.2 Å². The molecule has 33 heavy (non-hydrogen) atoms. The van der Waals surface area contributed by atoms with Gasteiger partial charge >= 0.3 is 11.7 Å². The van der Waals surface area contributed by atoms with Crippen LogP contribution in [0.25, 0.3) is 0 Å². The third-order valence-electron chi connectivity index (χ3n) is 4.50. The highest BCUT2D eigenvalue weighted by molar-refractivity contribution is 9.10. The Hall–Kier alpha value is -4.25. The molecule has 0 saturated carbocycles. The summed E-state index contributed by atoms with van der Waals surface area (Å²) in [6.45, 7) is 0.0323. The summed E-state index contributed by atoms with van der Waals surface area (Å²) in [5.74, 6) is -0.790. The molecule has 1 aliphatic rings. The standard InChI is InChI=1S/C22H14BrN3O7/c23-16-7-4-13(5-8-16)21(27)25-24-11-15-2-1-3-17(26(29)30)20(15)33-22(28)14-6-9-18-19(10-14)32-12-31-18/h1-11H,12H2,(H,25,27)/b24-11+. The number of nitrogens with one attached hydrogen (secondary N) is 1. The van der Waals surface area contributed by atoms with E-state index < -0.39 is 22.5 Å². The van der Waals surface area contributed by atoms with Gasteiger partial charge in [-0.2, -0.15) is 5.10 Å². The zero-order valence-corrected chi connectivity index (χ0v) is 18.3. The van der Waals surface area contributed by atoms with Crippen molar-refractivity contribution < 1.29 is 28.7 Å². The van der Waals surface area contributed by atoms with E-state index in [0.29, 0.717) is 17.1 Å². The molecular formula is C22H14BrN3O7. The molecule has 0 atom stereocenters. The number of hydrogen-bond acceptors (Lipinski definition) is 8. The number of carbonyl (C=O) groups is 2. The van der Waals surface area contributed by atoms with Gasteiger partial charge in [-0.3, -0.25) is 14.9 Å².